The van der Waals surface area contributed by atoms with Crippen molar-refractivity contribution in [1.82, 2.24) is 10.0 Å². The van der Waals surface area contributed by atoms with Crippen molar-refractivity contribution >= 4 is 58.0 Å². The zero-order valence-electron chi connectivity index (χ0n) is 16.0. The average molecular weight is 475 g/mol. The van der Waals surface area contributed by atoms with Gasteiger partial charge in [-0.3, -0.25) is 19.2 Å². The molecule has 3 aliphatic rings. The molecule has 6 nitrogen and oxygen atoms in total. The monoisotopic (exact) mass is 474 g/mol. The molecule has 5 rings (SSSR count). The third-order valence-corrected chi connectivity index (χ3v) is 7.63. The largest absolute Gasteiger partial charge is 0.291 e. The number of amides is 3. The highest BCUT2D eigenvalue weighted by molar-refractivity contribution is 7.12. The smallest absolute Gasteiger partial charge is 0.274 e. The number of imide groups is 1. The second-order valence-corrected chi connectivity index (χ2v) is 9.67. The topological polar surface area (TPSA) is 74.8 Å². The predicted molar refractivity (Wildman–Crippen MR) is 116 cm³/mol. The van der Waals surface area contributed by atoms with Crippen LogP contribution in [0.2, 0.25) is 10.0 Å². The quantitative estimate of drug-likeness (QED) is 0.371. The number of hydrogen-bond acceptors (Lipinski definition) is 5. The lowest BCUT2D eigenvalue weighted by Gasteiger charge is -2.31. The van der Waals surface area contributed by atoms with Gasteiger partial charge in [0.05, 0.1) is 27.3 Å². The Balaban J connectivity index is 1.52. The van der Waals surface area contributed by atoms with Crippen molar-refractivity contribution in [3.63, 3.8) is 0 Å². The molecule has 0 N–H and O–H groups in total. The Kier molecular flexibility index (Phi) is 5.00. The van der Waals surface area contributed by atoms with Gasteiger partial charge in [-0.2, -0.15) is 5.01 Å². The van der Waals surface area contributed by atoms with Crippen LogP contribution in [0.1, 0.15) is 26.5 Å². The highest BCUT2D eigenvalue weighted by Gasteiger charge is 2.61. The van der Waals surface area contributed by atoms with Crippen molar-refractivity contribution in [2.24, 2.45) is 23.7 Å². The Morgan fingerprint density at radius 3 is 2.32 bits per heavy atom. The number of carbonyl (C=O) groups excluding carboxylic acids is 4. The van der Waals surface area contributed by atoms with Crippen molar-refractivity contribution in [2.45, 2.75) is 6.42 Å². The normalized spacial score (nSPS) is 25.9. The van der Waals surface area contributed by atoms with Gasteiger partial charge in [-0.15, -0.1) is 11.3 Å². The van der Waals surface area contributed by atoms with Gasteiger partial charge < -0.3 is 0 Å². The summed E-state index contributed by atoms with van der Waals surface area (Å²) < 4.78 is 0. The molecule has 1 aromatic heterocycles. The lowest BCUT2D eigenvalue weighted by molar-refractivity contribution is -0.154. The van der Waals surface area contributed by atoms with Gasteiger partial charge in [-0.25, -0.2) is 5.01 Å². The van der Waals surface area contributed by atoms with Crippen molar-refractivity contribution in [1.29, 1.82) is 0 Å². The van der Waals surface area contributed by atoms with Crippen LogP contribution >= 0.6 is 34.5 Å². The predicted octanol–water partition coefficient (Wildman–Crippen LogP) is 4.10. The molecule has 2 fully saturated rings. The van der Waals surface area contributed by atoms with E-state index in [0.29, 0.717) is 9.90 Å². The molecule has 4 atom stereocenters. The van der Waals surface area contributed by atoms with E-state index in [1.807, 2.05) is 12.2 Å². The zero-order chi connectivity index (χ0) is 21.9. The van der Waals surface area contributed by atoms with Gasteiger partial charge in [-0.1, -0.05) is 41.4 Å². The maximum absolute atomic E-state index is 13.4. The fourth-order valence-corrected chi connectivity index (χ4v) is 5.96. The number of allylic oxidation sites excluding steroid dienone is 2. The summed E-state index contributed by atoms with van der Waals surface area (Å²) in [6, 6.07) is 7.68. The van der Waals surface area contributed by atoms with Crippen LogP contribution < -0.4 is 0 Å². The molecular formula is C22H16Cl2N2O4S. The lowest BCUT2D eigenvalue weighted by Crippen LogP contribution is -2.52. The van der Waals surface area contributed by atoms with E-state index in [4.69, 9.17) is 23.2 Å². The van der Waals surface area contributed by atoms with Gasteiger partial charge in [0.25, 0.3) is 17.7 Å². The van der Waals surface area contributed by atoms with Gasteiger partial charge in [0, 0.05) is 5.02 Å². The summed E-state index contributed by atoms with van der Waals surface area (Å²) in [6.45, 7) is -0.446. The van der Waals surface area contributed by atoms with E-state index in [-0.39, 0.29) is 28.2 Å². The molecule has 0 unspecified atom stereocenters. The number of thiophene rings is 1. The van der Waals surface area contributed by atoms with Crippen LogP contribution in [-0.2, 0) is 9.59 Å². The molecule has 1 saturated carbocycles. The van der Waals surface area contributed by atoms with Crippen molar-refractivity contribution in [2.75, 3.05) is 6.54 Å². The Hall–Kier alpha value is -2.48. The highest BCUT2D eigenvalue weighted by atomic mass is 35.5. The van der Waals surface area contributed by atoms with E-state index >= 15 is 0 Å². The number of nitrogens with zero attached hydrogens (tertiary/aromatic N) is 2. The number of ketones is 1. The van der Waals surface area contributed by atoms with Crippen LogP contribution in [0.5, 0.6) is 0 Å². The van der Waals surface area contributed by atoms with E-state index in [1.54, 1.807) is 17.5 Å². The number of fused-ring (bicyclic) bond motifs is 5. The van der Waals surface area contributed by atoms with E-state index in [0.717, 1.165) is 16.4 Å². The minimum Gasteiger partial charge on any atom is -0.291 e. The van der Waals surface area contributed by atoms with E-state index in [9.17, 15) is 19.2 Å². The summed E-state index contributed by atoms with van der Waals surface area (Å²) in [6.07, 6.45) is 4.71. The number of benzene rings is 1. The first-order valence-corrected chi connectivity index (χ1v) is 11.4. The summed E-state index contributed by atoms with van der Waals surface area (Å²) in [5, 5.41) is 3.98. The Morgan fingerprint density at radius 2 is 1.74 bits per heavy atom. The number of hydrazine groups is 1. The second kappa shape index (κ2) is 7.58. The summed E-state index contributed by atoms with van der Waals surface area (Å²) in [5.74, 6) is -2.96. The molecular weight excluding hydrogens is 459 g/mol. The Labute approximate surface area is 192 Å². The summed E-state index contributed by atoms with van der Waals surface area (Å²) in [7, 11) is 0. The molecule has 2 aromatic rings. The van der Waals surface area contributed by atoms with E-state index < -0.39 is 36.1 Å². The van der Waals surface area contributed by atoms with Crippen LogP contribution in [0.15, 0.2) is 47.9 Å². The van der Waals surface area contributed by atoms with Crippen LogP contribution in [-0.4, -0.2) is 40.1 Å². The number of Topliss-reactive ketones (excluding diaryl/α,β-unsaturated/α-hetero) is 1. The first-order chi connectivity index (χ1) is 14.9. The van der Waals surface area contributed by atoms with Crippen molar-refractivity contribution in [3.05, 3.63) is 68.3 Å². The molecule has 1 aromatic carbocycles. The SMILES string of the molecule is O=C(CN(C(=O)c1ccc(Cl)cc1Cl)N1C(=O)[C@@H]2[C@@H](C1=O)[C@H]1C=C[C@H]2C1)c1cccs1. The molecule has 0 radical (unpaired) electrons. The first-order valence-electron chi connectivity index (χ1n) is 9.76. The Morgan fingerprint density at radius 1 is 1.06 bits per heavy atom. The van der Waals surface area contributed by atoms with Crippen LogP contribution in [0.4, 0.5) is 0 Å². The molecule has 2 bridgehead atoms. The van der Waals surface area contributed by atoms with Gasteiger partial charge in [0.2, 0.25) is 0 Å². The molecule has 0 spiro atoms. The maximum atomic E-state index is 13.4. The zero-order valence-corrected chi connectivity index (χ0v) is 18.4. The molecule has 9 heteroatoms. The fourth-order valence-electron chi connectivity index (χ4n) is 4.81. The van der Waals surface area contributed by atoms with Gasteiger partial charge in [0.15, 0.2) is 5.78 Å². The second-order valence-electron chi connectivity index (χ2n) is 7.88. The number of hydrogen-bond donors (Lipinski definition) is 0. The van der Waals surface area contributed by atoms with Crippen molar-refractivity contribution in [3.8, 4) is 0 Å². The van der Waals surface area contributed by atoms with Gasteiger partial charge in [-0.05, 0) is 47.9 Å². The lowest BCUT2D eigenvalue weighted by atomic mass is 9.85. The van der Waals surface area contributed by atoms with Gasteiger partial charge in [0.1, 0.15) is 6.54 Å². The molecule has 3 amide bonds. The van der Waals surface area contributed by atoms with E-state index in [1.165, 1.54) is 29.5 Å². The molecule has 2 aliphatic carbocycles. The minimum atomic E-state index is -0.700. The summed E-state index contributed by atoms with van der Waals surface area (Å²) >= 11 is 13.4. The summed E-state index contributed by atoms with van der Waals surface area (Å²) in [5.41, 5.74) is 0.0591. The molecule has 31 heavy (non-hydrogen) atoms. The third-order valence-electron chi connectivity index (χ3n) is 6.17. The van der Waals surface area contributed by atoms with Crippen LogP contribution in [0, 0.1) is 23.7 Å². The summed E-state index contributed by atoms with van der Waals surface area (Å²) in [4.78, 5) is 53.3. The Bertz CT molecular complexity index is 1120. The fraction of sp³-hybridized carbons (Fsp3) is 0.273. The molecule has 1 saturated heterocycles. The third kappa shape index (κ3) is 3.23. The van der Waals surface area contributed by atoms with Crippen LogP contribution in [0.25, 0.3) is 0 Å². The van der Waals surface area contributed by atoms with Crippen LogP contribution in [0.3, 0.4) is 0 Å². The maximum Gasteiger partial charge on any atom is 0.274 e. The average Bonchev–Trinajstić information content (AvgIpc) is 3.51. The van der Waals surface area contributed by atoms with E-state index in [2.05, 4.69) is 0 Å². The first kappa shape index (κ1) is 20.4. The van der Waals surface area contributed by atoms with Crippen molar-refractivity contribution < 1.29 is 19.2 Å². The van der Waals surface area contributed by atoms with Gasteiger partial charge >= 0.3 is 0 Å². The standard InChI is InChI=1S/C22H16Cl2N2O4S/c23-13-5-6-14(15(24)9-13)20(28)25(10-16(27)17-2-1-7-31-17)26-21(29)18-11-3-4-12(8-11)19(18)22(26)30/h1-7,9,11-12,18-19H,8,10H2/t11-,12-,18-,19-/m0/s1. The highest BCUT2D eigenvalue weighted by Crippen LogP contribution is 2.52. The molecule has 2 heterocycles. The molecule has 158 valence electrons. The number of halogens is 2. The number of rotatable bonds is 5. The number of carbonyl (C=O) groups is 4. The molecule has 1 aliphatic heterocycles. The minimum absolute atomic E-state index is 0.0134.